The fourth-order valence-corrected chi connectivity index (χ4v) is 8.72. The molecule has 3 heterocycles. The topological polar surface area (TPSA) is 192 Å². The summed E-state index contributed by atoms with van der Waals surface area (Å²) in [5.41, 5.74) is -0.384. The second kappa shape index (κ2) is 24.3. The van der Waals surface area contributed by atoms with E-state index in [0.717, 1.165) is 5.56 Å². The molecule has 0 unspecified atom stereocenters. The second-order valence-electron chi connectivity index (χ2n) is 18.2. The molecule has 15 heteroatoms. The van der Waals surface area contributed by atoms with Crippen molar-refractivity contribution >= 4 is 17.7 Å². The van der Waals surface area contributed by atoms with Gasteiger partial charge < -0.3 is 58.7 Å². The van der Waals surface area contributed by atoms with Crippen LogP contribution >= 0.6 is 0 Å². The van der Waals surface area contributed by atoms with Gasteiger partial charge in [-0.3, -0.25) is 14.4 Å². The third-order valence-electron chi connectivity index (χ3n) is 11.9. The van der Waals surface area contributed by atoms with Crippen molar-refractivity contribution in [2.75, 3.05) is 27.7 Å². The summed E-state index contributed by atoms with van der Waals surface area (Å²) in [6.07, 6.45) is -2.85. The number of benzene rings is 1. The summed E-state index contributed by atoms with van der Waals surface area (Å²) >= 11 is 0. The van der Waals surface area contributed by atoms with E-state index in [1.165, 1.54) is 13.2 Å². The normalized spacial score (nSPS) is 36.8. The number of allylic oxidation sites excluding steroid dienone is 3. The Kier molecular flexibility index (Phi) is 20.2. The molecule has 0 bridgehead atoms. The standard InChI is InChI=1S/C47H74N2O13/c1-28(2)23-37(52)60-45-32(6)58-39(26-47(45,7)55)61-42-31(5)59-46(41(54)40(42)49(8)9)62-43-34(21-22-48-27-33-18-14-12-15-19-33)24-29(3)35(50)20-16-11-13-17-30(4)57-38(53)25-36(51)44(43)56-10/h11-16,18-20,28-32,34,36,39-46,48,51,54-55H,17,21-27H2,1-10H3/t29-,30-,31-,32+,34+,36+,39+,40-,41-,42-,43+,44+,45+,46+,47-/m1/s1. The van der Waals surface area contributed by atoms with Crippen molar-refractivity contribution in [3.63, 3.8) is 0 Å². The van der Waals surface area contributed by atoms with Crippen LogP contribution < -0.4 is 5.32 Å². The zero-order valence-electron chi connectivity index (χ0n) is 38.4. The van der Waals surface area contributed by atoms with Crippen molar-refractivity contribution in [3.8, 4) is 0 Å². The number of carbonyl (C=O) groups is 3. The molecular formula is C47H74N2O13. The monoisotopic (exact) mass is 875 g/mol. The molecular weight excluding hydrogens is 801 g/mol. The highest BCUT2D eigenvalue weighted by Gasteiger charge is 2.52. The molecule has 0 radical (unpaired) electrons. The smallest absolute Gasteiger partial charge is 0.308 e. The van der Waals surface area contributed by atoms with E-state index in [1.54, 1.807) is 58.8 Å². The number of methoxy groups -OCH3 is 1. The minimum atomic E-state index is -1.48. The van der Waals surface area contributed by atoms with Crippen molar-refractivity contribution in [3.05, 3.63) is 60.2 Å². The fourth-order valence-electron chi connectivity index (χ4n) is 8.72. The number of hydrogen-bond donors (Lipinski definition) is 4. The predicted molar refractivity (Wildman–Crippen MR) is 231 cm³/mol. The number of likely N-dealkylation sites (N-methyl/N-ethyl adjacent to an activating group) is 1. The van der Waals surface area contributed by atoms with E-state index < -0.39 is 103 Å². The zero-order chi connectivity index (χ0) is 45.7. The predicted octanol–water partition coefficient (Wildman–Crippen LogP) is 4.24. The van der Waals surface area contributed by atoms with Crippen LogP contribution in [-0.2, 0) is 54.1 Å². The lowest BCUT2D eigenvalue weighted by Crippen LogP contribution is -2.66. The van der Waals surface area contributed by atoms with Gasteiger partial charge in [0.05, 0.1) is 36.9 Å². The maximum Gasteiger partial charge on any atom is 0.308 e. The zero-order valence-corrected chi connectivity index (χ0v) is 38.4. The van der Waals surface area contributed by atoms with Gasteiger partial charge in [0.1, 0.15) is 30.0 Å². The van der Waals surface area contributed by atoms with Crippen LogP contribution in [0, 0.1) is 17.8 Å². The van der Waals surface area contributed by atoms with E-state index in [4.69, 9.17) is 33.2 Å². The number of nitrogens with one attached hydrogen (secondary N) is 1. The van der Waals surface area contributed by atoms with Crippen LogP contribution in [0.25, 0.3) is 0 Å². The van der Waals surface area contributed by atoms with Gasteiger partial charge in [-0.2, -0.15) is 0 Å². The largest absolute Gasteiger partial charge is 0.462 e. The van der Waals surface area contributed by atoms with Crippen LogP contribution in [-0.4, -0.2) is 145 Å². The van der Waals surface area contributed by atoms with Gasteiger partial charge in [-0.25, -0.2) is 0 Å². The van der Waals surface area contributed by atoms with Crippen molar-refractivity contribution in [1.29, 1.82) is 0 Å². The third kappa shape index (κ3) is 15.0. The number of rotatable bonds is 14. The van der Waals surface area contributed by atoms with E-state index in [2.05, 4.69) is 5.32 Å². The average molecular weight is 875 g/mol. The van der Waals surface area contributed by atoms with Gasteiger partial charge >= 0.3 is 11.9 Å². The number of cyclic esters (lactones) is 1. The first-order valence-corrected chi connectivity index (χ1v) is 22.2. The van der Waals surface area contributed by atoms with Crippen molar-refractivity contribution in [2.24, 2.45) is 17.8 Å². The van der Waals surface area contributed by atoms with Crippen LogP contribution in [0.15, 0.2) is 54.6 Å². The number of aliphatic hydroxyl groups excluding tert-OH is 2. The quantitative estimate of drug-likeness (QED) is 0.153. The molecule has 0 spiro atoms. The number of hydrogen-bond acceptors (Lipinski definition) is 15. The molecule has 1 aromatic rings. The van der Waals surface area contributed by atoms with Gasteiger partial charge in [-0.15, -0.1) is 0 Å². The number of carbonyl (C=O) groups excluding carboxylic acids is 3. The number of esters is 2. The van der Waals surface area contributed by atoms with Crippen LogP contribution in [0.5, 0.6) is 0 Å². The van der Waals surface area contributed by atoms with Gasteiger partial charge in [0.15, 0.2) is 24.5 Å². The SMILES string of the molecule is CO[C@@H]1[C@@H](O[C@@H]2O[C@H](C)[C@@H](O[C@H]3C[C@@](C)(O)[C@@H](OC(=O)CC(C)C)[C@H](C)O3)[C@H](N(C)C)[C@H]2O)[C@@H](CCNCc2ccccc2)C[C@@H](C)C(=O)C=CC=CC[C@@H](C)OC(=O)C[C@@H]1O. The van der Waals surface area contributed by atoms with E-state index in [1.807, 2.05) is 57.2 Å². The maximum absolute atomic E-state index is 13.5. The molecule has 15 nitrogen and oxygen atoms in total. The Bertz CT molecular complexity index is 1600. The average Bonchev–Trinajstić information content (AvgIpc) is 3.18. The molecule has 0 saturated carbocycles. The molecule has 1 aromatic carbocycles. The molecule has 4 N–H and O–H groups in total. The van der Waals surface area contributed by atoms with E-state index in [0.29, 0.717) is 32.4 Å². The molecule has 4 rings (SSSR count). The summed E-state index contributed by atoms with van der Waals surface area (Å²) in [4.78, 5) is 41.0. The minimum Gasteiger partial charge on any atom is -0.462 e. The molecule has 0 amide bonds. The van der Waals surface area contributed by atoms with Crippen molar-refractivity contribution in [2.45, 2.75) is 173 Å². The Labute approximate surface area is 368 Å². The highest BCUT2D eigenvalue weighted by atomic mass is 16.7. The fraction of sp³-hybridized carbons (Fsp3) is 0.723. The number of aliphatic hydroxyl groups is 3. The van der Waals surface area contributed by atoms with Gasteiger partial charge in [0, 0.05) is 38.8 Å². The summed E-state index contributed by atoms with van der Waals surface area (Å²) in [6, 6.07) is 9.21. The molecule has 0 aromatic heterocycles. The van der Waals surface area contributed by atoms with Crippen molar-refractivity contribution in [1.82, 2.24) is 10.2 Å². The van der Waals surface area contributed by atoms with Gasteiger partial charge in [-0.05, 0) is 84.7 Å². The number of ether oxygens (including phenoxy) is 7. The van der Waals surface area contributed by atoms with Crippen molar-refractivity contribution < 1.29 is 62.9 Å². The first-order chi connectivity index (χ1) is 29.3. The lowest BCUT2D eigenvalue weighted by Gasteiger charge is -2.50. The van der Waals surface area contributed by atoms with Crippen LogP contribution in [0.2, 0.25) is 0 Å². The molecule has 3 aliphatic rings. The first kappa shape index (κ1) is 51.5. The third-order valence-corrected chi connectivity index (χ3v) is 11.9. The molecule has 350 valence electrons. The Morgan fingerprint density at radius 3 is 2.34 bits per heavy atom. The summed E-state index contributed by atoms with van der Waals surface area (Å²) in [7, 11) is 5.01. The highest BCUT2D eigenvalue weighted by molar-refractivity contribution is 5.91. The summed E-state index contributed by atoms with van der Waals surface area (Å²) in [5.74, 6) is -1.96. The van der Waals surface area contributed by atoms with Gasteiger partial charge in [-0.1, -0.05) is 69.3 Å². The lowest BCUT2D eigenvalue weighted by molar-refractivity contribution is -0.344. The lowest BCUT2D eigenvalue weighted by atomic mass is 9.82. The minimum absolute atomic E-state index is 0.0184. The Morgan fingerprint density at radius 2 is 1.69 bits per heavy atom. The summed E-state index contributed by atoms with van der Waals surface area (Å²) < 4.78 is 43.3. The van der Waals surface area contributed by atoms with Gasteiger partial charge in [0.25, 0.3) is 0 Å². The number of nitrogens with zero attached hydrogens (tertiary/aromatic N) is 1. The molecule has 0 aliphatic carbocycles. The second-order valence-corrected chi connectivity index (χ2v) is 18.2. The highest BCUT2D eigenvalue weighted by Crippen LogP contribution is 2.37. The molecule has 2 saturated heterocycles. The summed E-state index contributed by atoms with van der Waals surface area (Å²) in [5, 5.41) is 38.9. The Balaban J connectivity index is 1.63. The van der Waals surface area contributed by atoms with E-state index in [-0.39, 0.29) is 31.0 Å². The Hall–Kier alpha value is -3.09. The van der Waals surface area contributed by atoms with Crippen LogP contribution in [0.4, 0.5) is 0 Å². The summed E-state index contributed by atoms with van der Waals surface area (Å²) in [6.45, 7) is 13.6. The van der Waals surface area contributed by atoms with Gasteiger partial charge in [0.2, 0.25) is 0 Å². The van der Waals surface area contributed by atoms with E-state index in [9.17, 15) is 29.7 Å². The molecule has 15 atom stereocenters. The first-order valence-electron chi connectivity index (χ1n) is 22.2. The van der Waals surface area contributed by atoms with E-state index >= 15 is 0 Å². The Morgan fingerprint density at radius 1 is 0.984 bits per heavy atom. The molecule has 2 fully saturated rings. The molecule has 62 heavy (non-hydrogen) atoms. The number of ketones is 1. The van der Waals surface area contributed by atoms with Crippen LogP contribution in [0.1, 0.15) is 92.6 Å². The van der Waals surface area contributed by atoms with Crippen LogP contribution in [0.3, 0.4) is 0 Å². The maximum atomic E-state index is 13.5. The molecule has 3 aliphatic heterocycles.